The Morgan fingerprint density at radius 2 is 1.57 bits per heavy atom. The molecule has 2 amide bonds. The van der Waals surface area contributed by atoms with Gasteiger partial charge in [0.15, 0.2) is 0 Å². The molecule has 1 aromatic carbocycles. The predicted octanol–water partition coefficient (Wildman–Crippen LogP) is 2.49. The zero-order valence-corrected chi connectivity index (χ0v) is 14.8. The predicted molar refractivity (Wildman–Crippen MR) is 91.2 cm³/mol. The molecular formula is C17H21BrN2O3. The minimum atomic E-state index is -0.00413. The molecule has 0 bridgehead atoms. The molecule has 0 unspecified atom stereocenters. The van der Waals surface area contributed by atoms with E-state index in [0.717, 1.165) is 10.9 Å². The van der Waals surface area contributed by atoms with Crippen LogP contribution in [0, 0.1) is 0 Å². The van der Waals surface area contributed by atoms with E-state index in [1.165, 1.54) is 6.92 Å². The van der Waals surface area contributed by atoms with Crippen molar-refractivity contribution in [3.05, 3.63) is 34.3 Å². The normalized spacial score (nSPS) is 15.2. The summed E-state index contributed by atoms with van der Waals surface area (Å²) in [5.41, 5.74) is 0.657. The lowest BCUT2D eigenvalue weighted by Gasteiger charge is -2.22. The van der Waals surface area contributed by atoms with Crippen molar-refractivity contribution in [2.45, 2.75) is 26.2 Å². The Morgan fingerprint density at radius 3 is 2.22 bits per heavy atom. The number of halogens is 1. The molecule has 6 heteroatoms. The molecule has 0 atom stereocenters. The smallest absolute Gasteiger partial charge is 0.253 e. The quantitative estimate of drug-likeness (QED) is 0.805. The molecule has 23 heavy (non-hydrogen) atoms. The summed E-state index contributed by atoms with van der Waals surface area (Å²) in [4.78, 5) is 39.2. The van der Waals surface area contributed by atoms with Gasteiger partial charge in [-0.05, 0) is 37.6 Å². The molecule has 0 aliphatic carbocycles. The van der Waals surface area contributed by atoms with E-state index in [0.29, 0.717) is 31.7 Å². The molecule has 0 spiro atoms. The number of rotatable bonds is 4. The molecule has 1 fully saturated rings. The number of ketones is 1. The van der Waals surface area contributed by atoms with E-state index in [-0.39, 0.29) is 30.4 Å². The average molecular weight is 381 g/mol. The Hall–Kier alpha value is -1.69. The van der Waals surface area contributed by atoms with Crippen molar-refractivity contribution in [1.82, 2.24) is 9.80 Å². The van der Waals surface area contributed by atoms with E-state index < -0.39 is 0 Å². The zero-order valence-electron chi connectivity index (χ0n) is 13.3. The molecular weight excluding hydrogens is 360 g/mol. The second-order valence-electron chi connectivity index (χ2n) is 5.74. The van der Waals surface area contributed by atoms with Gasteiger partial charge in [0.2, 0.25) is 5.91 Å². The maximum Gasteiger partial charge on any atom is 0.253 e. The third-order valence-electron chi connectivity index (χ3n) is 3.92. The zero-order chi connectivity index (χ0) is 16.8. The van der Waals surface area contributed by atoms with Gasteiger partial charge in [0.1, 0.15) is 5.78 Å². The van der Waals surface area contributed by atoms with E-state index in [9.17, 15) is 14.4 Å². The summed E-state index contributed by atoms with van der Waals surface area (Å²) in [7, 11) is 0. The number of Topliss-reactive ketones (excluding diaryl/α,β-unsaturated/α-hetero) is 1. The first-order valence-electron chi connectivity index (χ1n) is 7.79. The van der Waals surface area contributed by atoms with Crippen LogP contribution in [0.1, 0.15) is 36.5 Å². The van der Waals surface area contributed by atoms with Crippen LogP contribution in [0.5, 0.6) is 0 Å². The van der Waals surface area contributed by atoms with E-state index >= 15 is 0 Å². The van der Waals surface area contributed by atoms with Gasteiger partial charge in [-0.15, -0.1) is 0 Å². The molecule has 2 rings (SSSR count). The van der Waals surface area contributed by atoms with Gasteiger partial charge < -0.3 is 14.6 Å². The van der Waals surface area contributed by atoms with Crippen LogP contribution in [0.2, 0.25) is 0 Å². The van der Waals surface area contributed by atoms with E-state index in [1.807, 2.05) is 12.1 Å². The van der Waals surface area contributed by atoms with Crippen molar-refractivity contribution in [1.29, 1.82) is 0 Å². The summed E-state index contributed by atoms with van der Waals surface area (Å²) in [6.45, 7) is 3.83. The molecule has 0 aromatic heterocycles. The van der Waals surface area contributed by atoms with Crippen LogP contribution < -0.4 is 0 Å². The average Bonchev–Trinajstić information content (AvgIpc) is 2.78. The highest BCUT2D eigenvalue weighted by Gasteiger charge is 2.22. The molecule has 124 valence electrons. The number of benzene rings is 1. The second-order valence-corrected chi connectivity index (χ2v) is 6.65. The van der Waals surface area contributed by atoms with Crippen LogP contribution in [0.15, 0.2) is 28.7 Å². The third kappa shape index (κ3) is 5.16. The van der Waals surface area contributed by atoms with Crippen molar-refractivity contribution in [3.63, 3.8) is 0 Å². The van der Waals surface area contributed by atoms with Crippen molar-refractivity contribution in [3.8, 4) is 0 Å². The first-order valence-corrected chi connectivity index (χ1v) is 8.58. The Bertz CT molecular complexity index is 586. The fraction of sp³-hybridized carbons (Fsp3) is 0.471. The van der Waals surface area contributed by atoms with Gasteiger partial charge in [-0.2, -0.15) is 0 Å². The van der Waals surface area contributed by atoms with Crippen LogP contribution in [0.3, 0.4) is 0 Å². The lowest BCUT2D eigenvalue weighted by Crippen LogP contribution is -2.37. The lowest BCUT2D eigenvalue weighted by molar-refractivity contribution is -0.132. The van der Waals surface area contributed by atoms with Crippen LogP contribution in [0.25, 0.3) is 0 Å². The summed E-state index contributed by atoms with van der Waals surface area (Å²) in [6.07, 6.45) is 1.31. The van der Waals surface area contributed by atoms with Crippen LogP contribution >= 0.6 is 15.9 Å². The molecule has 1 aromatic rings. The van der Waals surface area contributed by atoms with E-state index in [1.54, 1.807) is 21.9 Å². The highest BCUT2D eigenvalue weighted by Crippen LogP contribution is 2.14. The van der Waals surface area contributed by atoms with Gasteiger partial charge >= 0.3 is 0 Å². The van der Waals surface area contributed by atoms with Gasteiger partial charge in [0.25, 0.3) is 5.91 Å². The maximum absolute atomic E-state index is 12.5. The topological polar surface area (TPSA) is 57.7 Å². The molecule has 0 radical (unpaired) electrons. The second kappa shape index (κ2) is 8.24. The van der Waals surface area contributed by atoms with E-state index in [4.69, 9.17) is 0 Å². The van der Waals surface area contributed by atoms with Gasteiger partial charge in [0, 0.05) is 49.1 Å². The van der Waals surface area contributed by atoms with Gasteiger partial charge in [-0.1, -0.05) is 15.9 Å². The molecule has 1 heterocycles. The summed E-state index contributed by atoms with van der Waals surface area (Å²) >= 11 is 3.36. The first kappa shape index (κ1) is 17.7. The first-order chi connectivity index (χ1) is 11.0. The fourth-order valence-corrected chi connectivity index (χ4v) is 2.85. The SMILES string of the molecule is CC(=O)CCC(=O)N1CCCN(C(=O)c2ccc(Br)cc2)CC1. The fourth-order valence-electron chi connectivity index (χ4n) is 2.59. The summed E-state index contributed by atoms with van der Waals surface area (Å²) in [5.74, 6) is 0.0221. The largest absolute Gasteiger partial charge is 0.341 e. The molecule has 1 saturated heterocycles. The number of carbonyl (C=O) groups is 3. The molecule has 1 aliphatic heterocycles. The van der Waals surface area contributed by atoms with Crippen LogP contribution in [-0.2, 0) is 9.59 Å². The standard InChI is InChI=1S/C17H21BrN2O3/c1-13(21)3-8-16(22)19-9-2-10-20(12-11-19)17(23)14-4-6-15(18)7-5-14/h4-7H,2-3,8-12H2,1H3. The third-order valence-corrected chi connectivity index (χ3v) is 4.45. The Kier molecular flexibility index (Phi) is 6.33. The van der Waals surface area contributed by atoms with Crippen molar-refractivity contribution >= 4 is 33.5 Å². The van der Waals surface area contributed by atoms with Crippen molar-refractivity contribution in [2.75, 3.05) is 26.2 Å². The molecule has 0 N–H and O–H groups in total. The number of hydrogen-bond donors (Lipinski definition) is 0. The number of carbonyl (C=O) groups excluding carboxylic acids is 3. The van der Waals surface area contributed by atoms with E-state index in [2.05, 4.69) is 15.9 Å². The Labute approximate surface area is 144 Å². The summed E-state index contributed by atoms with van der Waals surface area (Å²) < 4.78 is 0.937. The van der Waals surface area contributed by atoms with Crippen LogP contribution in [-0.4, -0.2) is 53.6 Å². The van der Waals surface area contributed by atoms with Crippen LogP contribution in [0.4, 0.5) is 0 Å². The van der Waals surface area contributed by atoms with Crippen molar-refractivity contribution in [2.24, 2.45) is 0 Å². The Morgan fingerprint density at radius 1 is 0.957 bits per heavy atom. The molecule has 1 aliphatic rings. The number of nitrogens with zero attached hydrogens (tertiary/aromatic N) is 2. The number of hydrogen-bond acceptors (Lipinski definition) is 3. The van der Waals surface area contributed by atoms with Crippen molar-refractivity contribution < 1.29 is 14.4 Å². The highest BCUT2D eigenvalue weighted by molar-refractivity contribution is 9.10. The molecule has 5 nitrogen and oxygen atoms in total. The lowest BCUT2D eigenvalue weighted by atomic mass is 10.2. The molecule has 0 saturated carbocycles. The highest BCUT2D eigenvalue weighted by atomic mass is 79.9. The van der Waals surface area contributed by atoms with Gasteiger partial charge in [-0.3, -0.25) is 9.59 Å². The monoisotopic (exact) mass is 380 g/mol. The number of amides is 2. The maximum atomic E-state index is 12.5. The minimum absolute atomic E-state index is 0.00172. The summed E-state index contributed by atoms with van der Waals surface area (Å²) in [5, 5.41) is 0. The Balaban J connectivity index is 1.92. The van der Waals surface area contributed by atoms with Gasteiger partial charge in [0.05, 0.1) is 0 Å². The summed E-state index contributed by atoms with van der Waals surface area (Å²) in [6, 6.07) is 7.30. The minimum Gasteiger partial charge on any atom is -0.341 e. The van der Waals surface area contributed by atoms with Gasteiger partial charge in [-0.25, -0.2) is 0 Å².